The molecule has 102 valence electrons. The summed E-state index contributed by atoms with van der Waals surface area (Å²) in [4.78, 5) is 4.02. The molecule has 1 unspecified atom stereocenters. The van der Waals surface area contributed by atoms with Crippen LogP contribution >= 0.6 is 11.6 Å². The minimum Gasteiger partial charge on any atom is -0.389 e. The van der Waals surface area contributed by atoms with Crippen molar-refractivity contribution in [1.82, 2.24) is 10.3 Å². The highest BCUT2D eigenvalue weighted by Gasteiger charge is 2.19. The molecule has 0 fully saturated rings. The molecule has 0 aliphatic rings. The van der Waals surface area contributed by atoms with Gasteiger partial charge in [-0.15, -0.1) is 0 Å². The number of hydrogen-bond acceptors (Lipinski definition) is 3. The highest BCUT2D eigenvalue weighted by atomic mass is 35.5. The summed E-state index contributed by atoms with van der Waals surface area (Å²) in [5.41, 5.74) is 0.420. The van der Waals surface area contributed by atoms with Gasteiger partial charge in [-0.2, -0.15) is 0 Å². The molecule has 18 heavy (non-hydrogen) atoms. The number of aliphatic hydroxyl groups is 1. The van der Waals surface area contributed by atoms with Crippen LogP contribution in [0.15, 0.2) is 18.3 Å². The van der Waals surface area contributed by atoms with E-state index in [2.05, 4.69) is 24.1 Å². The summed E-state index contributed by atoms with van der Waals surface area (Å²) >= 11 is 5.72. The summed E-state index contributed by atoms with van der Waals surface area (Å²) in [6.07, 6.45) is 3.60. The van der Waals surface area contributed by atoms with Crippen LogP contribution in [0, 0.1) is 5.92 Å². The first-order valence-electron chi connectivity index (χ1n) is 6.42. The van der Waals surface area contributed by atoms with Crippen LogP contribution in [0.4, 0.5) is 0 Å². The smallest absolute Gasteiger partial charge is 0.129 e. The van der Waals surface area contributed by atoms with Crippen molar-refractivity contribution >= 4 is 11.6 Å². The minimum atomic E-state index is -0.649. The van der Waals surface area contributed by atoms with Gasteiger partial charge in [-0.05, 0) is 37.3 Å². The van der Waals surface area contributed by atoms with E-state index in [1.165, 1.54) is 0 Å². The Hall–Kier alpha value is -0.640. The molecule has 1 rings (SSSR count). The van der Waals surface area contributed by atoms with Crippen LogP contribution in [0.5, 0.6) is 0 Å². The Morgan fingerprint density at radius 1 is 1.44 bits per heavy atom. The lowest BCUT2D eigenvalue weighted by Gasteiger charge is -2.24. The van der Waals surface area contributed by atoms with Gasteiger partial charge in [0.25, 0.3) is 0 Å². The van der Waals surface area contributed by atoms with Crippen LogP contribution in [0.25, 0.3) is 0 Å². The number of nitrogens with zero attached hydrogens (tertiary/aromatic N) is 1. The number of hydrogen-bond donors (Lipinski definition) is 2. The molecule has 1 atom stereocenters. The second kappa shape index (κ2) is 7.07. The maximum Gasteiger partial charge on any atom is 0.129 e. The first-order valence-corrected chi connectivity index (χ1v) is 6.80. The maximum absolute atomic E-state index is 10.2. The van der Waals surface area contributed by atoms with E-state index >= 15 is 0 Å². The van der Waals surface area contributed by atoms with Gasteiger partial charge in [-0.25, -0.2) is 4.98 Å². The Morgan fingerprint density at radius 2 is 2.17 bits per heavy atom. The molecule has 0 amide bonds. The second-order valence-corrected chi connectivity index (χ2v) is 5.91. The highest BCUT2D eigenvalue weighted by Crippen LogP contribution is 2.15. The Kier molecular flexibility index (Phi) is 6.06. The zero-order valence-electron chi connectivity index (χ0n) is 11.4. The molecule has 0 saturated carbocycles. The van der Waals surface area contributed by atoms with Crippen LogP contribution in [0.3, 0.4) is 0 Å². The van der Waals surface area contributed by atoms with E-state index < -0.39 is 5.60 Å². The van der Waals surface area contributed by atoms with Gasteiger partial charge in [0.1, 0.15) is 5.15 Å². The lowest BCUT2D eigenvalue weighted by molar-refractivity contribution is 0.0451. The highest BCUT2D eigenvalue weighted by molar-refractivity contribution is 6.29. The molecule has 0 bridgehead atoms. The Morgan fingerprint density at radius 3 is 2.72 bits per heavy atom. The Balaban J connectivity index is 2.29. The summed E-state index contributed by atoms with van der Waals surface area (Å²) in [5.74, 6) is 0.622. The molecule has 2 N–H and O–H groups in total. The van der Waals surface area contributed by atoms with Crippen molar-refractivity contribution in [2.45, 2.75) is 45.8 Å². The van der Waals surface area contributed by atoms with E-state index in [4.69, 9.17) is 11.6 Å². The van der Waals surface area contributed by atoms with Gasteiger partial charge in [-0.3, -0.25) is 0 Å². The monoisotopic (exact) mass is 270 g/mol. The minimum absolute atomic E-state index is 0.502. The largest absolute Gasteiger partial charge is 0.389 e. The van der Waals surface area contributed by atoms with Gasteiger partial charge in [0, 0.05) is 19.3 Å². The molecule has 4 heteroatoms. The van der Waals surface area contributed by atoms with E-state index in [-0.39, 0.29) is 0 Å². The average molecular weight is 271 g/mol. The van der Waals surface area contributed by atoms with Crippen LogP contribution in [-0.4, -0.2) is 22.2 Å². The van der Waals surface area contributed by atoms with Crippen molar-refractivity contribution in [3.05, 3.63) is 29.0 Å². The van der Waals surface area contributed by atoms with E-state index in [0.29, 0.717) is 24.2 Å². The second-order valence-electron chi connectivity index (χ2n) is 5.52. The van der Waals surface area contributed by atoms with Crippen LogP contribution in [0.1, 0.15) is 39.2 Å². The predicted molar refractivity (Wildman–Crippen MR) is 75.6 cm³/mol. The number of pyridine rings is 1. The standard InChI is InChI=1S/C14H23ClN2O/c1-11(2)6-7-14(3,18)10-16-8-12-4-5-13(15)17-9-12/h4-5,9,11,16,18H,6-8,10H2,1-3H3. The molecular formula is C14H23ClN2O. The first kappa shape index (κ1) is 15.4. The van der Waals surface area contributed by atoms with E-state index in [1.807, 2.05) is 13.0 Å². The van der Waals surface area contributed by atoms with Gasteiger partial charge in [-0.1, -0.05) is 31.5 Å². The quantitative estimate of drug-likeness (QED) is 0.749. The van der Waals surface area contributed by atoms with Gasteiger partial charge in [0.15, 0.2) is 0 Å². The maximum atomic E-state index is 10.2. The molecular weight excluding hydrogens is 248 g/mol. The predicted octanol–water partition coefficient (Wildman–Crippen LogP) is 3.01. The molecule has 0 aliphatic carbocycles. The summed E-state index contributed by atoms with van der Waals surface area (Å²) in [7, 11) is 0. The summed E-state index contributed by atoms with van der Waals surface area (Å²) < 4.78 is 0. The van der Waals surface area contributed by atoms with Gasteiger partial charge in [0.05, 0.1) is 5.60 Å². The third-order valence-corrected chi connectivity index (χ3v) is 3.11. The fourth-order valence-electron chi connectivity index (χ4n) is 1.68. The normalized spacial score (nSPS) is 14.8. The van der Waals surface area contributed by atoms with E-state index in [0.717, 1.165) is 18.4 Å². The summed E-state index contributed by atoms with van der Waals surface area (Å²) in [5, 5.41) is 13.9. The van der Waals surface area contributed by atoms with Crippen molar-refractivity contribution in [2.24, 2.45) is 5.92 Å². The first-order chi connectivity index (χ1) is 8.39. The van der Waals surface area contributed by atoms with Crippen molar-refractivity contribution in [3.63, 3.8) is 0 Å². The van der Waals surface area contributed by atoms with Crippen molar-refractivity contribution in [3.8, 4) is 0 Å². The topological polar surface area (TPSA) is 45.1 Å². The number of aromatic nitrogens is 1. The van der Waals surface area contributed by atoms with Crippen LogP contribution < -0.4 is 5.32 Å². The molecule has 0 saturated heterocycles. The number of nitrogens with one attached hydrogen (secondary N) is 1. The third kappa shape index (κ3) is 6.34. The van der Waals surface area contributed by atoms with E-state index in [9.17, 15) is 5.11 Å². The Bertz CT molecular complexity index is 349. The fourth-order valence-corrected chi connectivity index (χ4v) is 1.79. The number of halogens is 1. The molecule has 1 aromatic heterocycles. The van der Waals surface area contributed by atoms with Gasteiger partial charge in [0.2, 0.25) is 0 Å². The molecule has 0 spiro atoms. The van der Waals surface area contributed by atoms with Crippen LogP contribution in [0.2, 0.25) is 5.15 Å². The summed E-state index contributed by atoms with van der Waals surface area (Å²) in [6, 6.07) is 3.71. The SMILES string of the molecule is CC(C)CCC(C)(O)CNCc1ccc(Cl)nc1. The molecule has 0 radical (unpaired) electrons. The summed E-state index contributed by atoms with van der Waals surface area (Å²) in [6.45, 7) is 7.50. The van der Waals surface area contributed by atoms with Crippen molar-refractivity contribution in [1.29, 1.82) is 0 Å². The molecule has 1 aromatic rings. The molecule has 1 heterocycles. The van der Waals surface area contributed by atoms with Gasteiger partial charge >= 0.3 is 0 Å². The van der Waals surface area contributed by atoms with Crippen molar-refractivity contribution < 1.29 is 5.11 Å². The molecule has 3 nitrogen and oxygen atoms in total. The van der Waals surface area contributed by atoms with Crippen LogP contribution in [-0.2, 0) is 6.54 Å². The zero-order valence-corrected chi connectivity index (χ0v) is 12.2. The lowest BCUT2D eigenvalue weighted by atomic mass is 9.95. The lowest BCUT2D eigenvalue weighted by Crippen LogP contribution is -2.37. The number of rotatable bonds is 7. The van der Waals surface area contributed by atoms with E-state index in [1.54, 1.807) is 12.3 Å². The van der Waals surface area contributed by atoms with Gasteiger partial charge < -0.3 is 10.4 Å². The fraction of sp³-hybridized carbons (Fsp3) is 0.643. The molecule has 0 aliphatic heterocycles. The van der Waals surface area contributed by atoms with Crippen molar-refractivity contribution in [2.75, 3.05) is 6.54 Å². The Labute approximate surface area is 115 Å². The third-order valence-electron chi connectivity index (χ3n) is 2.88. The zero-order chi connectivity index (χ0) is 13.6. The molecule has 0 aromatic carbocycles. The average Bonchev–Trinajstić information content (AvgIpc) is 2.29.